The van der Waals surface area contributed by atoms with E-state index < -0.39 is 31.0 Å². The summed E-state index contributed by atoms with van der Waals surface area (Å²) >= 11 is 0. The van der Waals surface area contributed by atoms with Crippen LogP contribution in [0.1, 0.15) is 96.8 Å². The van der Waals surface area contributed by atoms with Gasteiger partial charge in [-0.2, -0.15) is 0 Å². The molecule has 0 unspecified atom stereocenters. The predicted molar refractivity (Wildman–Crippen MR) is 118 cm³/mol. The van der Waals surface area contributed by atoms with E-state index in [4.69, 9.17) is 14.6 Å². The third-order valence-electron chi connectivity index (χ3n) is 5.71. The number of rotatable bonds is 19. The molecular formula is C24H46O5. The molecule has 0 radical (unpaired) electrons. The molecule has 0 aromatic heterocycles. The lowest BCUT2D eigenvalue weighted by Gasteiger charge is -2.23. The van der Waals surface area contributed by atoms with Crippen molar-refractivity contribution in [2.75, 3.05) is 19.8 Å². The Morgan fingerprint density at radius 2 is 1.45 bits per heavy atom. The van der Waals surface area contributed by atoms with Crippen molar-refractivity contribution in [1.29, 1.82) is 0 Å². The molecule has 1 rings (SSSR count). The van der Waals surface area contributed by atoms with Crippen LogP contribution in [0, 0.1) is 0 Å². The Kier molecular flexibility index (Phi) is 16.8. The number of aliphatic hydroxyl groups excluding tert-OH is 3. The van der Waals surface area contributed by atoms with Gasteiger partial charge in [0, 0.05) is 0 Å². The highest BCUT2D eigenvalue weighted by atomic mass is 16.6. The molecule has 172 valence electrons. The number of aliphatic hydroxyl groups is 3. The zero-order chi connectivity index (χ0) is 21.2. The number of hydrogen-bond donors (Lipinski definition) is 3. The second kappa shape index (κ2) is 18.3. The molecule has 5 heteroatoms. The molecular weight excluding hydrogens is 368 g/mol. The van der Waals surface area contributed by atoms with Crippen LogP contribution < -0.4 is 0 Å². The monoisotopic (exact) mass is 414 g/mol. The smallest absolute Gasteiger partial charge is 0.114 e. The topological polar surface area (TPSA) is 79.2 Å². The first-order chi connectivity index (χ1) is 14.2. The molecule has 1 heterocycles. The second-order valence-electron chi connectivity index (χ2n) is 8.39. The average molecular weight is 415 g/mol. The van der Waals surface area contributed by atoms with Crippen molar-refractivity contribution in [1.82, 2.24) is 0 Å². The molecule has 1 aliphatic rings. The molecule has 0 bridgehead atoms. The standard InChI is InChI=1S/C24H46O5/c1-2-3-4-5-6-7-8-9-10-11-12-13-14-15-16-17-18-28-24-22(27)20-29-23(24)21(26)19-25/h15-16,21-27H,2-14,17-20H2,1H3/b16-15+/t21-,22+,23-,24-/m0/s1. The molecule has 3 N–H and O–H groups in total. The van der Waals surface area contributed by atoms with Gasteiger partial charge in [0.25, 0.3) is 0 Å². The minimum Gasteiger partial charge on any atom is -0.394 e. The van der Waals surface area contributed by atoms with Crippen molar-refractivity contribution >= 4 is 0 Å². The molecule has 0 amide bonds. The maximum absolute atomic E-state index is 9.88. The van der Waals surface area contributed by atoms with Gasteiger partial charge in [-0.15, -0.1) is 0 Å². The fourth-order valence-corrected chi connectivity index (χ4v) is 3.87. The van der Waals surface area contributed by atoms with E-state index >= 15 is 0 Å². The number of unbranched alkanes of at least 4 members (excludes halogenated alkanes) is 12. The van der Waals surface area contributed by atoms with Crippen LogP contribution in [0.25, 0.3) is 0 Å². The highest BCUT2D eigenvalue weighted by Gasteiger charge is 2.40. The molecule has 1 aliphatic heterocycles. The van der Waals surface area contributed by atoms with E-state index in [1.165, 1.54) is 77.0 Å². The minimum atomic E-state index is -1.02. The quantitative estimate of drug-likeness (QED) is 0.214. The van der Waals surface area contributed by atoms with Gasteiger partial charge < -0.3 is 24.8 Å². The maximum Gasteiger partial charge on any atom is 0.114 e. The van der Waals surface area contributed by atoms with Crippen LogP contribution in [0.5, 0.6) is 0 Å². The fourth-order valence-electron chi connectivity index (χ4n) is 3.87. The van der Waals surface area contributed by atoms with E-state index in [0.29, 0.717) is 6.61 Å². The van der Waals surface area contributed by atoms with Gasteiger partial charge in [-0.1, -0.05) is 89.7 Å². The number of hydrogen-bond acceptors (Lipinski definition) is 5. The number of allylic oxidation sites excluding steroid dienone is 1. The van der Waals surface area contributed by atoms with Gasteiger partial charge in [-0.05, 0) is 19.3 Å². The van der Waals surface area contributed by atoms with E-state index in [9.17, 15) is 10.2 Å². The van der Waals surface area contributed by atoms with E-state index in [1.807, 2.05) is 0 Å². The second-order valence-corrected chi connectivity index (χ2v) is 8.39. The van der Waals surface area contributed by atoms with Crippen molar-refractivity contribution in [3.63, 3.8) is 0 Å². The first-order valence-electron chi connectivity index (χ1n) is 12.1. The van der Waals surface area contributed by atoms with Crippen molar-refractivity contribution < 1.29 is 24.8 Å². The molecule has 0 spiro atoms. The van der Waals surface area contributed by atoms with Crippen molar-refractivity contribution in [3.05, 3.63) is 12.2 Å². The van der Waals surface area contributed by atoms with Crippen LogP contribution in [-0.4, -0.2) is 59.6 Å². The summed E-state index contributed by atoms with van der Waals surface area (Å²) in [4.78, 5) is 0. The Labute approximate surface area is 178 Å². The SMILES string of the molecule is CCCCCCCCCCCCCC/C=C/CCO[C@@H]1[C@H]([C@@H](O)CO)OC[C@H]1O. The Hall–Kier alpha value is -0.460. The molecule has 29 heavy (non-hydrogen) atoms. The molecule has 5 nitrogen and oxygen atoms in total. The van der Waals surface area contributed by atoms with Crippen molar-refractivity contribution in [2.24, 2.45) is 0 Å². The first-order valence-corrected chi connectivity index (χ1v) is 12.1. The van der Waals surface area contributed by atoms with Gasteiger partial charge in [0.2, 0.25) is 0 Å². The van der Waals surface area contributed by atoms with Crippen LogP contribution in [0.4, 0.5) is 0 Å². The van der Waals surface area contributed by atoms with Gasteiger partial charge in [-0.25, -0.2) is 0 Å². The summed E-state index contributed by atoms with van der Waals surface area (Å²) < 4.78 is 11.0. The summed E-state index contributed by atoms with van der Waals surface area (Å²) in [6.45, 7) is 2.50. The third kappa shape index (κ3) is 12.7. The molecule has 0 aromatic carbocycles. The van der Waals surface area contributed by atoms with Gasteiger partial charge in [-0.3, -0.25) is 0 Å². The van der Waals surface area contributed by atoms with Gasteiger partial charge >= 0.3 is 0 Å². The summed E-state index contributed by atoms with van der Waals surface area (Å²) in [5.74, 6) is 0. The summed E-state index contributed by atoms with van der Waals surface area (Å²) in [5.41, 5.74) is 0. The highest BCUT2D eigenvalue weighted by Crippen LogP contribution is 2.21. The van der Waals surface area contributed by atoms with E-state index in [0.717, 1.165) is 12.8 Å². The molecule has 0 saturated carbocycles. The van der Waals surface area contributed by atoms with Crippen LogP contribution in [0.3, 0.4) is 0 Å². The lowest BCUT2D eigenvalue weighted by atomic mass is 10.0. The van der Waals surface area contributed by atoms with Gasteiger partial charge in [0.15, 0.2) is 0 Å². The van der Waals surface area contributed by atoms with Gasteiger partial charge in [0.1, 0.15) is 24.4 Å². The Morgan fingerprint density at radius 3 is 2.03 bits per heavy atom. The summed E-state index contributed by atoms with van der Waals surface area (Å²) in [5, 5.41) is 28.6. The predicted octanol–water partition coefficient (Wildman–Crippen LogP) is 4.52. The van der Waals surface area contributed by atoms with Crippen molar-refractivity contribution in [3.8, 4) is 0 Å². The zero-order valence-corrected chi connectivity index (χ0v) is 18.6. The largest absolute Gasteiger partial charge is 0.394 e. The van der Waals surface area contributed by atoms with Crippen LogP contribution in [-0.2, 0) is 9.47 Å². The average Bonchev–Trinajstić information content (AvgIpc) is 3.10. The lowest BCUT2D eigenvalue weighted by Crippen LogP contribution is -2.42. The van der Waals surface area contributed by atoms with Crippen molar-refractivity contribution in [2.45, 2.75) is 121 Å². The molecule has 0 aromatic rings. The summed E-state index contributed by atoms with van der Waals surface area (Å²) in [6.07, 6.45) is 19.7. The zero-order valence-electron chi connectivity index (χ0n) is 18.6. The third-order valence-corrected chi connectivity index (χ3v) is 5.71. The highest BCUT2D eigenvalue weighted by molar-refractivity contribution is 4.89. The van der Waals surface area contributed by atoms with E-state index in [2.05, 4.69) is 19.1 Å². The van der Waals surface area contributed by atoms with E-state index in [-0.39, 0.29) is 6.61 Å². The Balaban J connectivity index is 1.88. The molecule has 4 atom stereocenters. The Bertz CT molecular complexity index is 387. The van der Waals surface area contributed by atoms with Gasteiger partial charge in [0.05, 0.1) is 19.8 Å². The summed E-state index contributed by atoms with van der Waals surface area (Å²) in [7, 11) is 0. The molecule has 0 aliphatic carbocycles. The van der Waals surface area contributed by atoms with Crippen LogP contribution in [0.2, 0.25) is 0 Å². The lowest BCUT2D eigenvalue weighted by molar-refractivity contribution is -0.0924. The minimum absolute atomic E-state index is 0.140. The molecule has 1 saturated heterocycles. The summed E-state index contributed by atoms with van der Waals surface area (Å²) in [6, 6.07) is 0. The van der Waals surface area contributed by atoms with Crippen LogP contribution in [0.15, 0.2) is 12.2 Å². The fraction of sp³-hybridized carbons (Fsp3) is 0.917. The Morgan fingerprint density at radius 1 is 0.897 bits per heavy atom. The normalized spacial score (nSPS) is 23.2. The maximum atomic E-state index is 9.88. The van der Waals surface area contributed by atoms with E-state index in [1.54, 1.807) is 0 Å². The molecule has 1 fully saturated rings. The first kappa shape index (κ1) is 26.6. The number of ether oxygens (including phenoxy) is 2. The van der Waals surface area contributed by atoms with Crippen LogP contribution >= 0.6 is 0 Å².